The van der Waals surface area contributed by atoms with E-state index in [1.165, 1.54) is 13.8 Å². The van der Waals surface area contributed by atoms with Crippen LogP contribution in [0.5, 0.6) is 11.5 Å². The van der Waals surface area contributed by atoms with Crippen LogP contribution < -0.4 is 9.47 Å². The van der Waals surface area contributed by atoms with Crippen molar-refractivity contribution >= 4 is 45.1 Å². The van der Waals surface area contributed by atoms with E-state index in [-0.39, 0.29) is 26.4 Å². The van der Waals surface area contributed by atoms with E-state index in [1.807, 2.05) is 36.4 Å². The van der Waals surface area contributed by atoms with Crippen LogP contribution in [-0.2, 0) is 28.5 Å². The summed E-state index contributed by atoms with van der Waals surface area (Å²) in [7, 11) is 0. The highest BCUT2D eigenvalue weighted by atomic mass is 35.5. The fraction of sp³-hybridized carbons (Fsp3) is 0.529. The third-order valence-electron chi connectivity index (χ3n) is 6.77. The number of rotatable bonds is 20. The van der Waals surface area contributed by atoms with Crippen LogP contribution in [0.25, 0.3) is 21.5 Å². The molecular weight excluding hydrogens is 572 g/mol. The lowest BCUT2D eigenvalue weighted by Crippen LogP contribution is -2.29. The van der Waals surface area contributed by atoms with Gasteiger partial charge in [0.2, 0.25) is 0 Å². The number of fused-ring (bicyclic) bond motifs is 2. The summed E-state index contributed by atoms with van der Waals surface area (Å²) in [5.41, 5.74) is 0. The summed E-state index contributed by atoms with van der Waals surface area (Å²) in [6.45, 7) is 8.90. The van der Waals surface area contributed by atoms with Gasteiger partial charge in [-0.05, 0) is 31.0 Å². The lowest BCUT2D eigenvalue weighted by atomic mass is 10.0. The third-order valence-corrected chi connectivity index (χ3v) is 7.01. The van der Waals surface area contributed by atoms with Gasteiger partial charge >= 0.3 is 11.9 Å². The number of carbonyl (C=O) groups excluding carboxylic acids is 2. The maximum Gasteiger partial charge on any atom is 0.303 e. The van der Waals surface area contributed by atoms with Crippen LogP contribution in [-0.4, -0.2) is 63.8 Å². The average molecular weight is 617 g/mol. The molecule has 0 fully saturated rings. The Morgan fingerprint density at radius 2 is 1.12 bits per heavy atom. The number of benzene rings is 3. The molecular formula is C34H45ClO8. The van der Waals surface area contributed by atoms with Gasteiger partial charge in [0.15, 0.2) is 12.2 Å². The Bertz CT molecular complexity index is 1310. The van der Waals surface area contributed by atoms with Crippen LogP contribution in [0.1, 0.15) is 66.2 Å². The minimum atomic E-state index is -0.579. The van der Waals surface area contributed by atoms with E-state index in [4.69, 9.17) is 40.0 Å². The SMILES string of the molecule is CCCCCOCC(COc1c2ccccc2c(OCC(COCCCCC)OC(C)=O)c2cc(Cl)ccc12)OC(C)=O. The molecule has 0 saturated heterocycles. The van der Waals surface area contributed by atoms with E-state index >= 15 is 0 Å². The van der Waals surface area contributed by atoms with Crippen LogP contribution in [0.4, 0.5) is 0 Å². The van der Waals surface area contributed by atoms with E-state index in [0.29, 0.717) is 29.7 Å². The van der Waals surface area contributed by atoms with Gasteiger partial charge in [0, 0.05) is 53.6 Å². The zero-order chi connectivity index (χ0) is 31.0. The van der Waals surface area contributed by atoms with E-state index < -0.39 is 24.1 Å². The number of unbranched alkanes of at least 4 members (excludes halogenated alkanes) is 4. The Balaban J connectivity index is 1.88. The maximum atomic E-state index is 11.8. The summed E-state index contributed by atoms with van der Waals surface area (Å²) in [5.74, 6) is 0.421. The van der Waals surface area contributed by atoms with Gasteiger partial charge in [0.05, 0.1) is 13.2 Å². The quantitative estimate of drug-likeness (QED) is 0.0725. The van der Waals surface area contributed by atoms with Crippen molar-refractivity contribution in [2.24, 2.45) is 0 Å². The molecule has 0 spiro atoms. The first-order chi connectivity index (χ1) is 20.8. The van der Waals surface area contributed by atoms with Gasteiger partial charge in [0.1, 0.15) is 24.7 Å². The molecule has 8 nitrogen and oxygen atoms in total. The van der Waals surface area contributed by atoms with E-state index in [1.54, 1.807) is 6.07 Å². The van der Waals surface area contributed by atoms with Crippen LogP contribution >= 0.6 is 11.6 Å². The van der Waals surface area contributed by atoms with Crippen molar-refractivity contribution in [1.82, 2.24) is 0 Å². The smallest absolute Gasteiger partial charge is 0.303 e. The number of carbonyl (C=O) groups is 2. The molecule has 0 aliphatic carbocycles. The lowest BCUT2D eigenvalue weighted by molar-refractivity contribution is -0.152. The number of ether oxygens (including phenoxy) is 6. The van der Waals surface area contributed by atoms with Crippen molar-refractivity contribution in [3.63, 3.8) is 0 Å². The molecule has 3 aromatic carbocycles. The summed E-state index contributed by atoms with van der Waals surface area (Å²) in [4.78, 5) is 23.6. The second-order valence-electron chi connectivity index (χ2n) is 10.5. The Morgan fingerprint density at radius 3 is 1.58 bits per heavy atom. The van der Waals surface area contributed by atoms with Crippen LogP contribution in [0.2, 0.25) is 5.02 Å². The van der Waals surface area contributed by atoms with Crippen LogP contribution in [0, 0.1) is 0 Å². The van der Waals surface area contributed by atoms with Gasteiger partial charge in [-0.3, -0.25) is 9.59 Å². The van der Waals surface area contributed by atoms with Crippen LogP contribution in [0.3, 0.4) is 0 Å². The van der Waals surface area contributed by atoms with E-state index in [0.717, 1.165) is 60.1 Å². The molecule has 3 aromatic rings. The summed E-state index contributed by atoms with van der Waals surface area (Å²) in [5, 5.41) is 3.68. The summed E-state index contributed by atoms with van der Waals surface area (Å²) < 4.78 is 35.4. The molecule has 0 heterocycles. The number of halogens is 1. The number of hydrogen-bond donors (Lipinski definition) is 0. The molecule has 0 aliphatic heterocycles. The largest absolute Gasteiger partial charge is 0.488 e. The highest BCUT2D eigenvalue weighted by Crippen LogP contribution is 2.43. The second kappa shape index (κ2) is 18.6. The van der Waals surface area contributed by atoms with Crippen molar-refractivity contribution in [1.29, 1.82) is 0 Å². The standard InChI is InChI=1S/C34H45ClO8/c1-5-7-11-17-38-20-27(42-24(3)36)22-40-33-29-13-9-10-14-30(29)34(32-19-26(35)15-16-31(32)33)41-23-28(43-25(4)37)21-39-18-12-8-6-2/h9-10,13-16,19,27-28H,5-8,11-12,17-18,20-23H2,1-4H3. The summed E-state index contributed by atoms with van der Waals surface area (Å²) >= 11 is 6.45. The molecule has 0 bridgehead atoms. The molecule has 0 saturated carbocycles. The predicted molar refractivity (Wildman–Crippen MR) is 169 cm³/mol. The maximum absolute atomic E-state index is 11.8. The fourth-order valence-corrected chi connectivity index (χ4v) is 4.95. The second-order valence-corrected chi connectivity index (χ2v) is 11.0. The topological polar surface area (TPSA) is 89.5 Å². The van der Waals surface area contributed by atoms with Crippen molar-refractivity contribution in [2.75, 3.05) is 39.6 Å². The summed E-state index contributed by atoms with van der Waals surface area (Å²) in [6, 6.07) is 13.2. The molecule has 2 unspecified atom stereocenters. The normalized spacial score (nSPS) is 12.7. The highest BCUT2D eigenvalue weighted by Gasteiger charge is 2.21. The van der Waals surface area contributed by atoms with E-state index in [2.05, 4.69) is 13.8 Å². The van der Waals surface area contributed by atoms with Gasteiger partial charge in [-0.15, -0.1) is 0 Å². The van der Waals surface area contributed by atoms with Crippen molar-refractivity contribution < 1.29 is 38.0 Å². The van der Waals surface area contributed by atoms with E-state index in [9.17, 15) is 9.59 Å². The average Bonchev–Trinajstić information content (AvgIpc) is 2.97. The van der Waals surface area contributed by atoms with Crippen molar-refractivity contribution in [3.8, 4) is 11.5 Å². The first kappa shape index (κ1) is 34.4. The molecule has 0 N–H and O–H groups in total. The van der Waals surface area contributed by atoms with Gasteiger partial charge in [-0.1, -0.05) is 75.4 Å². The Morgan fingerprint density at radius 1 is 0.651 bits per heavy atom. The van der Waals surface area contributed by atoms with Gasteiger partial charge in [-0.25, -0.2) is 0 Å². The fourth-order valence-electron chi connectivity index (χ4n) is 4.77. The molecule has 0 aliphatic rings. The Kier molecular flexibility index (Phi) is 14.9. The summed E-state index contributed by atoms with van der Waals surface area (Å²) in [6.07, 6.45) is 5.10. The molecule has 43 heavy (non-hydrogen) atoms. The zero-order valence-corrected chi connectivity index (χ0v) is 26.6. The van der Waals surface area contributed by atoms with Crippen molar-refractivity contribution in [3.05, 3.63) is 47.5 Å². The molecule has 0 radical (unpaired) electrons. The Labute approximate surface area is 259 Å². The van der Waals surface area contributed by atoms with Gasteiger partial charge < -0.3 is 28.4 Å². The Hall–Kier alpha value is -3.07. The van der Waals surface area contributed by atoms with Crippen molar-refractivity contribution in [2.45, 2.75) is 78.4 Å². The monoisotopic (exact) mass is 616 g/mol. The third kappa shape index (κ3) is 11.2. The van der Waals surface area contributed by atoms with Gasteiger partial charge in [-0.2, -0.15) is 0 Å². The van der Waals surface area contributed by atoms with Gasteiger partial charge in [0.25, 0.3) is 0 Å². The minimum absolute atomic E-state index is 0.100. The molecule has 0 amide bonds. The lowest BCUT2D eigenvalue weighted by Gasteiger charge is -2.22. The predicted octanol–water partition coefficient (Wildman–Crippen LogP) is 7.68. The van der Waals surface area contributed by atoms with Crippen LogP contribution in [0.15, 0.2) is 42.5 Å². The highest BCUT2D eigenvalue weighted by molar-refractivity contribution is 6.31. The number of hydrogen-bond acceptors (Lipinski definition) is 8. The minimum Gasteiger partial charge on any atom is -0.488 e. The first-order valence-corrected chi connectivity index (χ1v) is 15.6. The molecule has 0 aromatic heterocycles. The molecule has 3 rings (SSSR count). The molecule has 9 heteroatoms. The number of esters is 2. The molecule has 2 atom stereocenters. The zero-order valence-electron chi connectivity index (χ0n) is 25.8. The first-order valence-electron chi connectivity index (χ1n) is 15.2. The molecule has 236 valence electrons.